The third kappa shape index (κ3) is 3.16. The second-order valence-electron chi connectivity index (χ2n) is 6.54. The van der Waals surface area contributed by atoms with Gasteiger partial charge >= 0.3 is 0 Å². The smallest absolute Gasteiger partial charge is 0.262 e. The lowest BCUT2D eigenvalue weighted by molar-refractivity contribution is 0.427. The van der Waals surface area contributed by atoms with Crippen molar-refractivity contribution in [1.29, 1.82) is 0 Å². The van der Waals surface area contributed by atoms with Gasteiger partial charge in [0.2, 0.25) is 5.78 Å². The van der Waals surface area contributed by atoms with Crippen molar-refractivity contribution >= 4 is 39.8 Å². The molecule has 5 rings (SSSR count). The molecule has 1 aromatic carbocycles. The standard InChI is InChI=1S/C20H17N5O2S2/c1-2-9-24-18(26)14-6-3-4-7-15(14)25-19(24)21-22-20(25)29-12-13-11-16(27-23-13)17-8-5-10-28-17/h3-8,10-11H,2,9,12H2,1H3. The van der Waals surface area contributed by atoms with Crippen molar-refractivity contribution in [1.82, 2.24) is 24.3 Å². The summed E-state index contributed by atoms with van der Waals surface area (Å²) in [6, 6.07) is 13.5. The Kier molecular flexibility index (Phi) is 4.69. The zero-order valence-electron chi connectivity index (χ0n) is 15.6. The zero-order chi connectivity index (χ0) is 19.8. The number of fused-ring (bicyclic) bond motifs is 3. The minimum absolute atomic E-state index is 0.0315. The van der Waals surface area contributed by atoms with Gasteiger partial charge in [0.25, 0.3) is 5.56 Å². The first kappa shape index (κ1) is 18.1. The maximum Gasteiger partial charge on any atom is 0.262 e. The fourth-order valence-corrected chi connectivity index (χ4v) is 4.80. The molecular formula is C20H17N5O2S2. The average molecular weight is 424 g/mol. The summed E-state index contributed by atoms with van der Waals surface area (Å²) in [6.07, 6.45) is 0.841. The Morgan fingerprint density at radius 1 is 1.17 bits per heavy atom. The lowest BCUT2D eigenvalue weighted by Crippen LogP contribution is -2.23. The molecule has 0 saturated carbocycles. The quantitative estimate of drug-likeness (QED) is 0.375. The van der Waals surface area contributed by atoms with E-state index in [0.29, 0.717) is 23.5 Å². The number of nitrogens with zero attached hydrogens (tertiary/aromatic N) is 5. The number of aryl methyl sites for hydroxylation is 1. The predicted octanol–water partition coefficient (Wildman–Crippen LogP) is 4.46. The number of benzene rings is 1. The highest BCUT2D eigenvalue weighted by molar-refractivity contribution is 7.98. The summed E-state index contributed by atoms with van der Waals surface area (Å²) in [6.45, 7) is 2.64. The normalized spacial score (nSPS) is 11.6. The van der Waals surface area contributed by atoms with E-state index in [2.05, 4.69) is 15.4 Å². The predicted molar refractivity (Wildman–Crippen MR) is 114 cm³/mol. The number of thioether (sulfide) groups is 1. The van der Waals surface area contributed by atoms with Crippen LogP contribution in [0.15, 0.2) is 62.3 Å². The second kappa shape index (κ2) is 7.49. The van der Waals surface area contributed by atoms with Gasteiger partial charge in [-0.3, -0.25) is 13.8 Å². The molecule has 0 spiro atoms. The summed E-state index contributed by atoms with van der Waals surface area (Å²) < 4.78 is 9.12. The van der Waals surface area contributed by atoms with Gasteiger partial charge in [0.15, 0.2) is 10.9 Å². The molecule has 9 heteroatoms. The summed E-state index contributed by atoms with van der Waals surface area (Å²) in [5.74, 6) is 1.93. The van der Waals surface area contributed by atoms with Crippen LogP contribution in [0.25, 0.3) is 27.3 Å². The minimum atomic E-state index is -0.0315. The molecule has 0 saturated heterocycles. The summed E-state index contributed by atoms with van der Waals surface area (Å²) in [7, 11) is 0. The topological polar surface area (TPSA) is 78.2 Å². The van der Waals surface area contributed by atoms with Gasteiger partial charge in [0, 0.05) is 18.4 Å². The van der Waals surface area contributed by atoms with Crippen LogP contribution in [0.4, 0.5) is 0 Å². The van der Waals surface area contributed by atoms with E-state index in [1.54, 1.807) is 15.9 Å². The summed E-state index contributed by atoms with van der Waals surface area (Å²) in [5.41, 5.74) is 1.61. The molecule has 0 atom stereocenters. The molecule has 29 heavy (non-hydrogen) atoms. The van der Waals surface area contributed by atoms with Crippen molar-refractivity contribution in [3.05, 3.63) is 63.9 Å². The molecule has 0 aliphatic carbocycles. The van der Waals surface area contributed by atoms with Crippen molar-refractivity contribution in [3.8, 4) is 10.6 Å². The fraction of sp³-hybridized carbons (Fsp3) is 0.200. The number of hydrogen-bond donors (Lipinski definition) is 0. The van der Waals surface area contributed by atoms with Crippen LogP contribution in [0.2, 0.25) is 0 Å². The molecule has 0 unspecified atom stereocenters. The van der Waals surface area contributed by atoms with Crippen LogP contribution in [-0.2, 0) is 12.3 Å². The van der Waals surface area contributed by atoms with E-state index in [1.807, 2.05) is 59.2 Å². The van der Waals surface area contributed by atoms with Gasteiger partial charge in [-0.1, -0.05) is 42.0 Å². The maximum atomic E-state index is 12.9. The number of rotatable bonds is 6. The Balaban J connectivity index is 1.53. The Morgan fingerprint density at radius 2 is 2.07 bits per heavy atom. The number of hydrogen-bond acceptors (Lipinski definition) is 7. The van der Waals surface area contributed by atoms with Crippen LogP contribution < -0.4 is 5.56 Å². The Labute approximate surface area is 174 Å². The van der Waals surface area contributed by atoms with E-state index in [9.17, 15) is 4.79 Å². The largest absolute Gasteiger partial charge is 0.355 e. The third-order valence-electron chi connectivity index (χ3n) is 4.60. The molecule has 0 N–H and O–H groups in total. The molecule has 0 aliphatic rings. The maximum absolute atomic E-state index is 12.9. The molecule has 4 aromatic heterocycles. The molecule has 7 nitrogen and oxygen atoms in total. The van der Waals surface area contributed by atoms with Crippen LogP contribution in [0, 0.1) is 0 Å². The summed E-state index contributed by atoms with van der Waals surface area (Å²) in [4.78, 5) is 13.9. The van der Waals surface area contributed by atoms with E-state index in [1.165, 1.54) is 11.8 Å². The van der Waals surface area contributed by atoms with Crippen LogP contribution in [0.5, 0.6) is 0 Å². The van der Waals surface area contributed by atoms with Gasteiger partial charge in [-0.05, 0) is 30.0 Å². The van der Waals surface area contributed by atoms with Gasteiger partial charge in [0.05, 0.1) is 21.5 Å². The van der Waals surface area contributed by atoms with Crippen LogP contribution in [0.3, 0.4) is 0 Å². The molecule has 0 aliphatic heterocycles. The van der Waals surface area contributed by atoms with Gasteiger partial charge < -0.3 is 4.52 Å². The van der Waals surface area contributed by atoms with Crippen molar-refractivity contribution in [2.45, 2.75) is 30.8 Å². The monoisotopic (exact) mass is 423 g/mol. The molecule has 0 amide bonds. The van der Waals surface area contributed by atoms with Crippen molar-refractivity contribution < 1.29 is 4.52 Å². The zero-order valence-corrected chi connectivity index (χ0v) is 17.2. The molecule has 146 valence electrons. The molecule has 0 fully saturated rings. The first-order valence-electron chi connectivity index (χ1n) is 9.25. The highest BCUT2D eigenvalue weighted by Gasteiger charge is 2.17. The van der Waals surface area contributed by atoms with Crippen LogP contribution >= 0.6 is 23.1 Å². The first-order chi connectivity index (χ1) is 14.3. The van der Waals surface area contributed by atoms with Crippen molar-refractivity contribution in [2.24, 2.45) is 0 Å². The number of thiophene rings is 1. The number of para-hydroxylation sites is 1. The highest BCUT2D eigenvalue weighted by atomic mass is 32.2. The Morgan fingerprint density at radius 3 is 2.90 bits per heavy atom. The minimum Gasteiger partial charge on any atom is -0.355 e. The van der Waals surface area contributed by atoms with Crippen LogP contribution in [-0.4, -0.2) is 24.3 Å². The second-order valence-corrected chi connectivity index (χ2v) is 8.43. The summed E-state index contributed by atoms with van der Waals surface area (Å²) >= 11 is 3.14. The van der Waals surface area contributed by atoms with Crippen molar-refractivity contribution in [3.63, 3.8) is 0 Å². The van der Waals surface area contributed by atoms with E-state index >= 15 is 0 Å². The van der Waals surface area contributed by atoms with Crippen LogP contribution in [0.1, 0.15) is 19.0 Å². The first-order valence-corrected chi connectivity index (χ1v) is 11.1. The van der Waals surface area contributed by atoms with Crippen molar-refractivity contribution in [2.75, 3.05) is 0 Å². The average Bonchev–Trinajstić information content (AvgIpc) is 3.50. The van der Waals surface area contributed by atoms with E-state index in [4.69, 9.17) is 4.52 Å². The van der Waals surface area contributed by atoms with E-state index in [-0.39, 0.29) is 5.56 Å². The van der Waals surface area contributed by atoms with Gasteiger partial charge in [0.1, 0.15) is 0 Å². The molecular weight excluding hydrogens is 406 g/mol. The van der Waals surface area contributed by atoms with Gasteiger partial charge in [-0.2, -0.15) is 0 Å². The highest BCUT2D eigenvalue weighted by Crippen LogP contribution is 2.28. The molecule has 4 heterocycles. The van der Waals surface area contributed by atoms with Gasteiger partial charge in [-0.25, -0.2) is 0 Å². The SMILES string of the molecule is CCCn1c(=O)c2ccccc2n2c(SCc3cc(-c4cccs4)on3)nnc12. The molecule has 5 aromatic rings. The lowest BCUT2D eigenvalue weighted by Gasteiger charge is -2.10. The van der Waals surface area contributed by atoms with Gasteiger partial charge in [-0.15, -0.1) is 21.5 Å². The van der Waals surface area contributed by atoms with E-state index < -0.39 is 0 Å². The Bertz CT molecular complexity index is 1350. The fourth-order valence-electron chi connectivity index (χ4n) is 3.31. The third-order valence-corrected chi connectivity index (χ3v) is 6.44. The molecule has 0 bridgehead atoms. The molecule has 0 radical (unpaired) electrons. The lowest BCUT2D eigenvalue weighted by atomic mass is 10.2. The number of aromatic nitrogens is 5. The summed E-state index contributed by atoms with van der Waals surface area (Å²) in [5, 5.41) is 16.3. The van der Waals surface area contributed by atoms with E-state index in [0.717, 1.165) is 33.4 Å². The Hall–Kier alpha value is -2.91.